The SMILES string of the molecule is Cc1nc(COc2ccccc2C(=O)Nc2cccc(S(=O)(=O)N3CCCCCC3)c2)no1. The van der Waals surface area contributed by atoms with Crippen LogP contribution >= 0.6 is 0 Å². The summed E-state index contributed by atoms with van der Waals surface area (Å²) in [7, 11) is -3.62. The van der Waals surface area contributed by atoms with Crippen molar-refractivity contribution >= 4 is 21.6 Å². The normalized spacial score (nSPS) is 15.1. The first-order valence-electron chi connectivity index (χ1n) is 10.9. The van der Waals surface area contributed by atoms with Crippen LogP contribution in [0.3, 0.4) is 0 Å². The molecule has 1 saturated heterocycles. The maximum absolute atomic E-state index is 13.1. The Morgan fingerprint density at radius 3 is 2.58 bits per heavy atom. The molecule has 1 N–H and O–H groups in total. The van der Waals surface area contributed by atoms with Crippen molar-refractivity contribution in [3.63, 3.8) is 0 Å². The van der Waals surface area contributed by atoms with Crippen molar-refractivity contribution < 1.29 is 22.5 Å². The molecule has 4 rings (SSSR count). The van der Waals surface area contributed by atoms with Crippen molar-refractivity contribution in [1.29, 1.82) is 0 Å². The molecular formula is C23H26N4O5S. The number of anilines is 1. The first-order valence-corrected chi connectivity index (χ1v) is 12.3. The summed E-state index contributed by atoms with van der Waals surface area (Å²) in [5.74, 6) is 0.730. The number of amides is 1. The molecule has 0 radical (unpaired) electrons. The Kier molecular flexibility index (Phi) is 7.05. The highest BCUT2D eigenvalue weighted by atomic mass is 32.2. The van der Waals surface area contributed by atoms with E-state index in [0.717, 1.165) is 25.7 Å². The molecule has 2 aromatic carbocycles. The number of sulfonamides is 1. The molecular weight excluding hydrogens is 444 g/mol. The third-order valence-corrected chi connectivity index (χ3v) is 7.25. The number of hydrogen-bond acceptors (Lipinski definition) is 7. The second kappa shape index (κ2) is 10.1. The zero-order chi connectivity index (χ0) is 23.3. The second-order valence-electron chi connectivity index (χ2n) is 7.81. The number of ether oxygens (including phenoxy) is 1. The number of carbonyl (C=O) groups is 1. The molecule has 2 heterocycles. The van der Waals surface area contributed by atoms with Gasteiger partial charge < -0.3 is 14.6 Å². The zero-order valence-corrected chi connectivity index (χ0v) is 19.2. The minimum atomic E-state index is -3.62. The van der Waals surface area contributed by atoms with E-state index >= 15 is 0 Å². The Bertz CT molecular complexity index is 1220. The number of carbonyl (C=O) groups excluding carboxylic acids is 1. The Morgan fingerprint density at radius 2 is 1.85 bits per heavy atom. The van der Waals surface area contributed by atoms with Crippen LogP contribution in [-0.2, 0) is 16.6 Å². The molecule has 3 aromatic rings. The molecule has 0 aliphatic carbocycles. The minimum Gasteiger partial charge on any atom is -0.485 e. The minimum absolute atomic E-state index is 0.0468. The van der Waals surface area contributed by atoms with Gasteiger partial charge in [-0.1, -0.05) is 36.2 Å². The molecule has 1 aliphatic rings. The van der Waals surface area contributed by atoms with Gasteiger partial charge in [0.2, 0.25) is 21.7 Å². The van der Waals surface area contributed by atoms with Crippen LogP contribution in [0.2, 0.25) is 0 Å². The molecule has 0 saturated carbocycles. The fraction of sp³-hybridized carbons (Fsp3) is 0.348. The molecule has 33 heavy (non-hydrogen) atoms. The van der Waals surface area contributed by atoms with E-state index in [0.29, 0.717) is 41.8 Å². The van der Waals surface area contributed by atoms with Gasteiger partial charge in [-0.05, 0) is 43.2 Å². The lowest BCUT2D eigenvalue weighted by Crippen LogP contribution is -2.32. The monoisotopic (exact) mass is 470 g/mol. The molecule has 0 bridgehead atoms. The smallest absolute Gasteiger partial charge is 0.259 e. The number of aryl methyl sites for hydroxylation is 1. The number of benzene rings is 2. The van der Waals surface area contributed by atoms with Crippen molar-refractivity contribution in [3.05, 3.63) is 65.8 Å². The largest absolute Gasteiger partial charge is 0.485 e. The van der Waals surface area contributed by atoms with Crippen LogP contribution in [0, 0.1) is 6.92 Å². The van der Waals surface area contributed by atoms with Crippen molar-refractivity contribution in [2.45, 2.75) is 44.1 Å². The summed E-state index contributed by atoms with van der Waals surface area (Å²) >= 11 is 0. The van der Waals surface area contributed by atoms with Crippen LogP contribution in [0.1, 0.15) is 47.8 Å². The average Bonchev–Trinajstić information content (AvgIpc) is 3.05. The van der Waals surface area contributed by atoms with Crippen molar-refractivity contribution in [2.75, 3.05) is 18.4 Å². The van der Waals surface area contributed by atoms with Crippen molar-refractivity contribution in [3.8, 4) is 5.75 Å². The predicted molar refractivity (Wildman–Crippen MR) is 121 cm³/mol. The molecule has 0 unspecified atom stereocenters. The molecule has 0 atom stereocenters. The quantitative estimate of drug-likeness (QED) is 0.559. The molecule has 1 aromatic heterocycles. The number of nitrogens with zero attached hydrogens (tertiary/aromatic N) is 3. The van der Waals surface area contributed by atoms with Gasteiger partial charge in [0.1, 0.15) is 5.75 Å². The Hall–Kier alpha value is -3.24. The number of nitrogens with one attached hydrogen (secondary N) is 1. The topological polar surface area (TPSA) is 115 Å². The van der Waals surface area contributed by atoms with Gasteiger partial charge in [0, 0.05) is 25.7 Å². The van der Waals surface area contributed by atoms with Gasteiger partial charge in [-0.25, -0.2) is 8.42 Å². The molecule has 1 fully saturated rings. The zero-order valence-electron chi connectivity index (χ0n) is 18.4. The summed E-state index contributed by atoms with van der Waals surface area (Å²) in [5, 5.41) is 6.55. The average molecular weight is 471 g/mol. The molecule has 0 spiro atoms. The maximum Gasteiger partial charge on any atom is 0.259 e. The van der Waals surface area contributed by atoms with Gasteiger partial charge in [0.25, 0.3) is 5.91 Å². The second-order valence-corrected chi connectivity index (χ2v) is 9.75. The first-order chi connectivity index (χ1) is 15.9. The molecule has 1 amide bonds. The third kappa shape index (κ3) is 5.58. The van der Waals surface area contributed by atoms with E-state index in [1.807, 2.05) is 0 Å². The number of hydrogen-bond donors (Lipinski definition) is 1. The summed E-state index contributed by atoms with van der Waals surface area (Å²) in [5.41, 5.74) is 0.693. The third-order valence-electron chi connectivity index (χ3n) is 5.35. The molecule has 174 valence electrons. The number of rotatable bonds is 7. The lowest BCUT2D eigenvalue weighted by molar-refractivity contribution is 0.102. The summed E-state index contributed by atoms with van der Waals surface area (Å²) in [6.07, 6.45) is 3.79. The highest BCUT2D eigenvalue weighted by Crippen LogP contribution is 2.24. The van der Waals surface area contributed by atoms with Crippen LogP contribution in [-0.4, -0.2) is 41.9 Å². The standard InChI is InChI=1S/C23H26N4O5S/c1-17-24-22(26-32-17)16-31-21-12-5-4-11-20(21)23(28)25-18-9-8-10-19(15-18)33(29,30)27-13-6-2-3-7-14-27/h4-5,8-12,15H,2-3,6-7,13-14,16H2,1H3,(H,25,28). The Balaban J connectivity index is 1.49. The van der Waals surface area contributed by atoms with Crippen LogP contribution in [0.15, 0.2) is 57.9 Å². The van der Waals surface area contributed by atoms with E-state index in [1.54, 1.807) is 49.4 Å². The van der Waals surface area contributed by atoms with Gasteiger partial charge in [-0.15, -0.1) is 0 Å². The van der Waals surface area contributed by atoms with Crippen LogP contribution in [0.5, 0.6) is 5.75 Å². The summed E-state index contributed by atoms with van der Waals surface area (Å²) in [6.45, 7) is 2.76. The molecule has 10 heteroatoms. The van der Waals surface area contributed by atoms with Crippen molar-refractivity contribution in [1.82, 2.24) is 14.4 Å². The molecule has 1 aliphatic heterocycles. The highest BCUT2D eigenvalue weighted by molar-refractivity contribution is 7.89. The van der Waals surface area contributed by atoms with E-state index in [1.165, 1.54) is 10.4 Å². The van der Waals surface area contributed by atoms with Crippen molar-refractivity contribution in [2.24, 2.45) is 0 Å². The van der Waals surface area contributed by atoms with E-state index in [2.05, 4.69) is 15.5 Å². The van der Waals surface area contributed by atoms with E-state index in [9.17, 15) is 13.2 Å². The first kappa shape index (κ1) is 22.9. The Labute approximate surface area is 192 Å². The van der Waals surface area contributed by atoms with Gasteiger partial charge in [-0.2, -0.15) is 9.29 Å². The number of para-hydroxylation sites is 1. The molecule has 9 nitrogen and oxygen atoms in total. The summed E-state index contributed by atoms with van der Waals surface area (Å²) in [6, 6.07) is 13.1. The number of aromatic nitrogens is 2. The van der Waals surface area contributed by atoms with Crippen LogP contribution in [0.4, 0.5) is 5.69 Å². The maximum atomic E-state index is 13.1. The highest BCUT2D eigenvalue weighted by Gasteiger charge is 2.25. The predicted octanol–water partition coefficient (Wildman–Crippen LogP) is 3.77. The van der Waals surface area contributed by atoms with E-state index in [-0.39, 0.29) is 11.5 Å². The summed E-state index contributed by atoms with van der Waals surface area (Å²) < 4.78 is 38.4. The van der Waals surface area contributed by atoms with E-state index in [4.69, 9.17) is 9.26 Å². The van der Waals surface area contributed by atoms with Crippen LogP contribution < -0.4 is 10.1 Å². The van der Waals surface area contributed by atoms with Gasteiger partial charge >= 0.3 is 0 Å². The summed E-state index contributed by atoms with van der Waals surface area (Å²) in [4.78, 5) is 17.2. The fourth-order valence-corrected chi connectivity index (χ4v) is 5.25. The lowest BCUT2D eigenvalue weighted by atomic mass is 10.2. The van der Waals surface area contributed by atoms with Gasteiger partial charge in [0.05, 0.1) is 10.5 Å². The Morgan fingerprint density at radius 1 is 1.09 bits per heavy atom. The van der Waals surface area contributed by atoms with E-state index < -0.39 is 15.9 Å². The van der Waals surface area contributed by atoms with Crippen LogP contribution in [0.25, 0.3) is 0 Å². The lowest BCUT2D eigenvalue weighted by Gasteiger charge is -2.20. The van der Waals surface area contributed by atoms with Gasteiger partial charge in [0.15, 0.2) is 6.61 Å². The van der Waals surface area contributed by atoms with Gasteiger partial charge in [-0.3, -0.25) is 4.79 Å². The fourth-order valence-electron chi connectivity index (χ4n) is 3.69.